The minimum absolute atomic E-state index is 0.00136. The van der Waals surface area contributed by atoms with Crippen molar-refractivity contribution in [3.63, 3.8) is 0 Å². The molecular formula is C11H10ClFO5S. The first-order valence-corrected chi connectivity index (χ1v) is 7.63. The molecule has 0 unspecified atom stereocenters. The third kappa shape index (κ3) is 3.05. The summed E-state index contributed by atoms with van der Waals surface area (Å²) in [6.07, 6.45) is -0.427. The molecule has 19 heavy (non-hydrogen) atoms. The highest BCUT2D eigenvalue weighted by Gasteiger charge is 2.27. The van der Waals surface area contributed by atoms with E-state index in [1.165, 1.54) is 6.92 Å². The maximum absolute atomic E-state index is 13.8. The molecule has 0 N–H and O–H groups in total. The maximum Gasteiger partial charge on any atom is 0.341 e. The molecule has 1 aliphatic heterocycles. The standard InChI is InChI=1S/C11H10ClFO5S/c1-6-2-8(19(12,15)16)3-9(10(6)13)11(14)18-7-4-17-5-7/h2-3,7H,4-5H2,1H3. The number of ether oxygens (including phenoxy) is 2. The van der Waals surface area contributed by atoms with Gasteiger partial charge in [0.05, 0.1) is 23.7 Å². The minimum Gasteiger partial charge on any atom is -0.454 e. The molecule has 0 atom stereocenters. The number of halogens is 2. The molecule has 2 rings (SSSR count). The number of carbonyl (C=O) groups excluding carboxylic acids is 1. The summed E-state index contributed by atoms with van der Waals surface area (Å²) in [4.78, 5) is 11.4. The number of hydrogen-bond donors (Lipinski definition) is 0. The van der Waals surface area contributed by atoms with Crippen LogP contribution in [-0.4, -0.2) is 33.7 Å². The van der Waals surface area contributed by atoms with Gasteiger partial charge < -0.3 is 9.47 Å². The highest BCUT2D eigenvalue weighted by atomic mass is 35.7. The van der Waals surface area contributed by atoms with Crippen molar-refractivity contribution in [2.45, 2.75) is 17.9 Å². The van der Waals surface area contributed by atoms with E-state index in [2.05, 4.69) is 0 Å². The van der Waals surface area contributed by atoms with Gasteiger partial charge in [-0.1, -0.05) is 0 Å². The van der Waals surface area contributed by atoms with Crippen LogP contribution in [0.4, 0.5) is 4.39 Å². The van der Waals surface area contributed by atoms with Crippen molar-refractivity contribution < 1.29 is 27.1 Å². The number of benzene rings is 1. The van der Waals surface area contributed by atoms with Crippen molar-refractivity contribution in [2.75, 3.05) is 13.2 Å². The van der Waals surface area contributed by atoms with E-state index in [9.17, 15) is 17.6 Å². The number of carbonyl (C=O) groups is 1. The number of hydrogen-bond acceptors (Lipinski definition) is 5. The van der Waals surface area contributed by atoms with Crippen molar-refractivity contribution in [1.82, 2.24) is 0 Å². The molecule has 0 aromatic heterocycles. The zero-order valence-electron chi connectivity index (χ0n) is 9.85. The second-order valence-corrected chi connectivity index (χ2v) is 6.67. The average Bonchev–Trinajstić information content (AvgIpc) is 2.25. The molecule has 1 aromatic carbocycles. The Morgan fingerprint density at radius 1 is 1.47 bits per heavy atom. The first kappa shape index (κ1) is 14.2. The fraction of sp³-hybridized carbons (Fsp3) is 0.364. The molecule has 0 radical (unpaired) electrons. The van der Waals surface area contributed by atoms with Crippen molar-refractivity contribution in [3.8, 4) is 0 Å². The summed E-state index contributed by atoms with van der Waals surface area (Å²) in [5, 5.41) is 0. The fourth-order valence-electron chi connectivity index (χ4n) is 1.52. The molecule has 0 bridgehead atoms. The first-order chi connectivity index (χ1) is 8.79. The minimum atomic E-state index is -4.05. The largest absolute Gasteiger partial charge is 0.454 e. The third-order valence-corrected chi connectivity index (χ3v) is 3.94. The van der Waals surface area contributed by atoms with Crippen LogP contribution in [0, 0.1) is 12.7 Å². The van der Waals surface area contributed by atoms with Crippen LogP contribution in [0.1, 0.15) is 15.9 Å². The average molecular weight is 309 g/mol. The van der Waals surface area contributed by atoms with E-state index in [1.54, 1.807) is 0 Å². The summed E-state index contributed by atoms with van der Waals surface area (Å²) in [5.74, 6) is -1.76. The van der Waals surface area contributed by atoms with Crippen LogP contribution in [0.25, 0.3) is 0 Å². The van der Waals surface area contributed by atoms with Gasteiger partial charge in [-0.3, -0.25) is 0 Å². The lowest BCUT2D eigenvalue weighted by molar-refractivity contribution is -0.103. The van der Waals surface area contributed by atoms with Gasteiger partial charge in [0.25, 0.3) is 9.05 Å². The van der Waals surface area contributed by atoms with Gasteiger partial charge in [-0.2, -0.15) is 0 Å². The summed E-state index contributed by atoms with van der Waals surface area (Å²) in [6, 6.07) is 1.92. The monoisotopic (exact) mass is 308 g/mol. The van der Waals surface area contributed by atoms with Crippen molar-refractivity contribution in [1.29, 1.82) is 0 Å². The lowest BCUT2D eigenvalue weighted by Crippen LogP contribution is -2.38. The molecule has 8 heteroatoms. The van der Waals surface area contributed by atoms with Gasteiger partial charge in [-0.05, 0) is 24.6 Å². The van der Waals surface area contributed by atoms with E-state index in [-0.39, 0.29) is 23.7 Å². The Kier molecular flexibility index (Phi) is 3.80. The second-order valence-electron chi connectivity index (χ2n) is 4.10. The molecule has 1 aromatic rings. The molecular weight excluding hydrogens is 299 g/mol. The van der Waals surface area contributed by atoms with E-state index in [0.29, 0.717) is 0 Å². The van der Waals surface area contributed by atoms with Crippen molar-refractivity contribution >= 4 is 25.7 Å². The molecule has 1 fully saturated rings. The normalized spacial score (nSPS) is 15.9. The van der Waals surface area contributed by atoms with Crippen LogP contribution in [0.5, 0.6) is 0 Å². The van der Waals surface area contributed by atoms with Crippen LogP contribution in [0.15, 0.2) is 17.0 Å². The summed E-state index contributed by atoms with van der Waals surface area (Å²) in [6.45, 7) is 1.84. The van der Waals surface area contributed by atoms with Crippen molar-refractivity contribution in [2.24, 2.45) is 0 Å². The van der Waals surface area contributed by atoms with Crippen LogP contribution in [0.2, 0.25) is 0 Å². The van der Waals surface area contributed by atoms with E-state index < -0.39 is 32.5 Å². The van der Waals surface area contributed by atoms with E-state index in [0.717, 1.165) is 12.1 Å². The first-order valence-electron chi connectivity index (χ1n) is 5.32. The number of rotatable bonds is 3. The summed E-state index contributed by atoms with van der Waals surface area (Å²) < 4.78 is 46.0. The summed E-state index contributed by atoms with van der Waals surface area (Å²) in [7, 11) is 1.14. The Morgan fingerprint density at radius 3 is 2.58 bits per heavy atom. The molecule has 1 aliphatic rings. The Morgan fingerprint density at radius 2 is 2.11 bits per heavy atom. The van der Waals surface area contributed by atoms with Crippen LogP contribution >= 0.6 is 10.7 Å². The highest BCUT2D eigenvalue weighted by Crippen LogP contribution is 2.23. The molecule has 1 heterocycles. The zero-order valence-corrected chi connectivity index (χ0v) is 11.4. The quantitative estimate of drug-likeness (QED) is 0.627. The Labute approximate surface area is 113 Å². The Bertz CT molecular complexity index is 624. The fourth-order valence-corrected chi connectivity index (χ4v) is 2.37. The summed E-state index contributed by atoms with van der Waals surface area (Å²) >= 11 is 0. The van der Waals surface area contributed by atoms with Crippen LogP contribution in [0.3, 0.4) is 0 Å². The summed E-state index contributed by atoms with van der Waals surface area (Å²) in [5.41, 5.74) is -0.454. The van der Waals surface area contributed by atoms with Crippen molar-refractivity contribution in [3.05, 3.63) is 29.1 Å². The van der Waals surface area contributed by atoms with Gasteiger partial charge in [0.15, 0.2) is 0 Å². The molecule has 104 valence electrons. The smallest absolute Gasteiger partial charge is 0.341 e. The second kappa shape index (κ2) is 5.07. The van der Waals surface area contributed by atoms with Gasteiger partial charge >= 0.3 is 5.97 Å². The van der Waals surface area contributed by atoms with E-state index in [1.807, 2.05) is 0 Å². The highest BCUT2D eigenvalue weighted by molar-refractivity contribution is 8.13. The van der Waals surface area contributed by atoms with Crippen LogP contribution < -0.4 is 0 Å². The van der Waals surface area contributed by atoms with E-state index in [4.69, 9.17) is 20.2 Å². The molecule has 0 aliphatic carbocycles. The molecule has 0 saturated carbocycles. The molecule has 0 spiro atoms. The van der Waals surface area contributed by atoms with Crippen LogP contribution in [-0.2, 0) is 18.5 Å². The SMILES string of the molecule is Cc1cc(S(=O)(=O)Cl)cc(C(=O)OC2COC2)c1F. The zero-order chi connectivity index (χ0) is 14.2. The molecule has 0 amide bonds. The Balaban J connectivity index is 2.37. The number of esters is 1. The predicted molar refractivity (Wildman–Crippen MR) is 64.2 cm³/mol. The van der Waals surface area contributed by atoms with Gasteiger partial charge in [-0.15, -0.1) is 0 Å². The van der Waals surface area contributed by atoms with Gasteiger partial charge in [0.2, 0.25) is 0 Å². The van der Waals surface area contributed by atoms with Gasteiger partial charge in [-0.25, -0.2) is 17.6 Å². The lowest BCUT2D eigenvalue weighted by Gasteiger charge is -2.25. The van der Waals surface area contributed by atoms with Gasteiger partial charge in [0, 0.05) is 10.7 Å². The Hall–Kier alpha value is -1.18. The maximum atomic E-state index is 13.8. The van der Waals surface area contributed by atoms with E-state index >= 15 is 0 Å². The molecule has 1 saturated heterocycles. The van der Waals surface area contributed by atoms with Gasteiger partial charge in [0.1, 0.15) is 11.9 Å². The third-order valence-electron chi connectivity index (χ3n) is 2.61. The predicted octanol–water partition coefficient (Wildman–Crippen LogP) is 1.62. The lowest BCUT2D eigenvalue weighted by atomic mass is 10.1. The number of aryl methyl sites for hydroxylation is 1. The molecule has 5 nitrogen and oxygen atoms in total. The topological polar surface area (TPSA) is 69.7 Å².